The molecule has 0 amide bonds. The van der Waals surface area contributed by atoms with E-state index >= 15 is 0 Å². The van der Waals surface area contributed by atoms with Crippen LogP contribution in [0.4, 0.5) is 0 Å². The zero-order chi connectivity index (χ0) is 12.4. The number of rotatable bonds is 3. The predicted molar refractivity (Wildman–Crippen MR) is 64.9 cm³/mol. The molecule has 2 rings (SSSR count). The van der Waals surface area contributed by atoms with E-state index in [0.717, 1.165) is 5.52 Å². The quantitative estimate of drug-likeness (QED) is 0.869. The van der Waals surface area contributed by atoms with Gasteiger partial charge in [0.1, 0.15) is 5.82 Å². The third kappa shape index (κ3) is 2.26. The van der Waals surface area contributed by atoms with Crippen molar-refractivity contribution >= 4 is 40.0 Å². The summed E-state index contributed by atoms with van der Waals surface area (Å²) in [5, 5.41) is 8.98. The number of nitriles is 1. The SMILES string of the molecule is N#CC(C(=O)C(Cl)Cl)c1nc2ccccc2[nH]1. The Kier molecular flexibility index (Phi) is 3.32. The van der Waals surface area contributed by atoms with Crippen molar-refractivity contribution in [1.82, 2.24) is 9.97 Å². The Bertz CT molecular complexity index is 567. The van der Waals surface area contributed by atoms with Crippen molar-refractivity contribution < 1.29 is 4.79 Å². The molecule has 86 valence electrons. The highest BCUT2D eigenvalue weighted by molar-refractivity contribution is 6.54. The van der Waals surface area contributed by atoms with E-state index < -0.39 is 16.5 Å². The number of aromatic amines is 1. The molecule has 0 bridgehead atoms. The number of aromatic nitrogens is 2. The van der Waals surface area contributed by atoms with Crippen LogP contribution < -0.4 is 0 Å². The van der Waals surface area contributed by atoms with Gasteiger partial charge in [-0.25, -0.2) is 4.98 Å². The van der Waals surface area contributed by atoms with Gasteiger partial charge >= 0.3 is 0 Å². The first-order valence-corrected chi connectivity index (χ1v) is 5.67. The van der Waals surface area contributed by atoms with Crippen LogP contribution in [0.1, 0.15) is 11.7 Å². The Hall–Kier alpha value is -1.57. The van der Waals surface area contributed by atoms with Crippen molar-refractivity contribution in [1.29, 1.82) is 5.26 Å². The van der Waals surface area contributed by atoms with Gasteiger partial charge in [0.05, 0.1) is 17.1 Å². The lowest BCUT2D eigenvalue weighted by Crippen LogP contribution is -2.18. The molecule has 0 saturated carbocycles. The number of halogens is 2. The van der Waals surface area contributed by atoms with Crippen LogP contribution in [-0.2, 0) is 4.79 Å². The molecule has 0 aliphatic carbocycles. The summed E-state index contributed by atoms with van der Waals surface area (Å²) in [7, 11) is 0. The van der Waals surface area contributed by atoms with Gasteiger partial charge in [-0.05, 0) is 12.1 Å². The van der Waals surface area contributed by atoms with Gasteiger partial charge in [0, 0.05) is 0 Å². The number of hydrogen-bond donors (Lipinski definition) is 1. The van der Waals surface area contributed by atoms with E-state index in [0.29, 0.717) is 5.52 Å². The van der Waals surface area contributed by atoms with Gasteiger partial charge in [-0.2, -0.15) is 5.26 Å². The van der Waals surface area contributed by atoms with E-state index in [9.17, 15) is 4.79 Å². The van der Waals surface area contributed by atoms with Crippen LogP contribution in [0, 0.1) is 11.3 Å². The van der Waals surface area contributed by atoms with Crippen molar-refractivity contribution in [3.8, 4) is 6.07 Å². The Morgan fingerprint density at radius 2 is 2.12 bits per heavy atom. The summed E-state index contributed by atoms with van der Waals surface area (Å²) >= 11 is 10.9. The number of hydrogen-bond acceptors (Lipinski definition) is 3. The van der Waals surface area contributed by atoms with Gasteiger partial charge in [0.2, 0.25) is 0 Å². The number of para-hydroxylation sites is 2. The Balaban J connectivity index is 2.44. The van der Waals surface area contributed by atoms with Gasteiger partial charge < -0.3 is 4.98 Å². The molecule has 0 fully saturated rings. The number of ketones is 1. The molecule has 0 aliphatic heterocycles. The summed E-state index contributed by atoms with van der Waals surface area (Å²) in [5.41, 5.74) is 1.45. The van der Waals surface area contributed by atoms with Crippen LogP contribution in [0.3, 0.4) is 0 Å². The fraction of sp³-hybridized carbons (Fsp3) is 0.182. The van der Waals surface area contributed by atoms with Gasteiger partial charge in [-0.3, -0.25) is 4.79 Å². The number of Topliss-reactive ketones (excluding diaryl/α,β-unsaturated/α-hetero) is 1. The molecule has 1 aromatic heterocycles. The predicted octanol–water partition coefficient (Wildman–Crippen LogP) is 2.54. The fourth-order valence-electron chi connectivity index (χ4n) is 1.49. The van der Waals surface area contributed by atoms with Crippen LogP contribution in [-0.4, -0.2) is 20.6 Å². The summed E-state index contributed by atoms with van der Waals surface area (Å²) in [5.74, 6) is -1.37. The topological polar surface area (TPSA) is 69.5 Å². The molecule has 0 aliphatic rings. The highest BCUT2D eigenvalue weighted by atomic mass is 35.5. The fourth-order valence-corrected chi connectivity index (χ4v) is 1.75. The molecule has 1 unspecified atom stereocenters. The average Bonchev–Trinajstić information content (AvgIpc) is 2.72. The lowest BCUT2D eigenvalue weighted by atomic mass is 10.1. The highest BCUT2D eigenvalue weighted by Crippen LogP contribution is 2.21. The van der Waals surface area contributed by atoms with Crippen LogP contribution in [0.2, 0.25) is 0 Å². The molecule has 17 heavy (non-hydrogen) atoms. The number of carbonyl (C=O) groups excluding carboxylic acids is 1. The maximum absolute atomic E-state index is 11.6. The second-order valence-corrected chi connectivity index (χ2v) is 4.50. The average molecular weight is 268 g/mol. The zero-order valence-electron chi connectivity index (χ0n) is 8.52. The summed E-state index contributed by atoms with van der Waals surface area (Å²) in [6.45, 7) is 0. The number of benzene rings is 1. The normalized spacial score (nSPS) is 12.6. The molecule has 6 heteroatoms. The van der Waals surface area contributed by atoms with Gasteiger partial charge in [0.25, 0.3) is 0 Å². The molecule has 0 saturated heterocycles. The Morgan fingerprint density at radius 1 is 1.41 bits per heavy atom. The Labute approximate surface area is 107 Å². The van der Waals surface area contributed by atoms with Crippen LogP contribution in [0.25, 0.3) is 11.0 Å². The molecular formula is C11H7Cl2N3O. The number of imidazole rings is 1. The molecule has 0 radical (unpaired) electrons. The monoisotopic (exact) mass is 267 g/mol. The van der Waals surface area contributed by atoms with Gasteiger partial charge in [-0.1, -0.05) is 35.3 Å². The first-order valence-electron chi connectivity index (χ1n) is 4.79. The lowest BCUT2D eigenvalue weighted by Gasteiger charge is -2.04. The van der Waals surface area contributed by atoms with Crippen molar-refractivity contribution in [3.05, 3.63) is 30.1 Å². The number of H-pyrrole nitrogens is 1. The summed E-state index contributed by atoms with van der Waals surface area (Å²) in [6.07, 6.45) is 0. The van der Waals surface area contributed by atoms with E-state index in [1.54, 1.807) is 6.07 Å². The number of nitrogens with one attached hydrogen (secondary N) is 1. The first-order chi connectivity index (χ1) is 8.13. The zero-order valence-corrected chi connectivity index (χ0v) is 10.0. The Morgan fingerprint density at radius 3 is 2.71 bits per heavy atom. The molecule has 1 heterocycles. The first kappa shape index (κ1) is 11.9. The van der Waals surface area contributed by atoms with Crippen LogP contribution >= 0.6 is 23.2 Å². The van der Waals surface area contributed by atoms with E-state index in [2.05, 4.69) is 9.97 Å². The summed E-state index contributed by atoms with van der Waals surface area (Å²) < 4.78 is 0. The molecule has 0 spiro atoms. The van der Waals surface area contributed by atoms with Gasteiger partial charge in [0.15, 0.2) is 16.5 Å². The maximum atomic E-state index is 11.6. The molecule has 1 atom stereocenters. The lowest BCUT2D eigenvalue weighted by molar-refractivity contribution is -0.117. The third-order valence-electron chi connectivity index (χ3n) is 2.31. The minimum Gasteiger partial charge on any atom is -0.340 e. The third-order valence-corrected chi connectivity index (χ3v) is 2.74. The minimum atomic E-state index is -1.23. The summed E-state index contributed by atoms with van der Waals surface area (Å²) in [6, 6.07) is 9.10. The van der Waals surface area contributed by atoms with E-state index in [1.165, 1.54) is 0 Å². The van der Waals surface area contributed by atoms with Crippen molar-refractivity contribution in [2.75, 3.05) is 0 Å². The number of fused-ring (bicyclic) bond motifs is 1. The van der Waals surface area contributed by atoms with Crippen molar-refractivity contribution in [3.63, 3.8) is 0 Å². The van der Waals surface area contributed by atoms with Crippen molar-refractivity contribution in [2.24, 2.45) is 0 Å². The standard InChI is InChI=1S/C11H7Cl2N3O/c12-10(13)9(17)6(5-14)11-15-7-3-1-2-4-8(7)16-11/h1-4,6,10H,(H,15,16). The molecular weight excluding hydrogens is 261 g/mol. The molecule has 4 nitrogen and oxygen atoms in total. The minimum absolute atomic E-state index is 0.269. The smallest absolute Gasteiger partial charge is 0.190 e. The largest absolute Gasteiger partial charge is 0.340 e. The molecule has 1 aromatic carbocycles. The number of carbonyl (C=O) groups is 1. The van der Waals surface area contributed by atoms with E-state index in [1.807, 2.05) is 24.3 Å². The molecule has 2 aromatic rings. The van der Waals surface area contributed by atoms with Crippen molar-refractivity contribution in [2.45, 2.75) is 10.8 Å². The molecule has 1 N–H and O–H groups in total. The maximum Gasteiger partial charge on any atom is 0.190 e. The number of nitrogens with zero attached hydrogens (tertiary/aromatic N) is 2. The van der Waals surface area contributed by atoms with Crippen LogP contribution in [0.5, 0.6) is 0 Å². The second-order valence-electron chi connectivity index (χ2n) is 3.40. The number of alkyl halides is 2. The van der Waals surface area contributed by atoms with Crippen LogP contribution in [0.15, 0.2) is 24.3 Å². The van der Waals surface area contributed by atoms with E-state index in [-0.39, 0.29) is 5.82 Å². The van der Waals surface area contributed by atoms with E-state index in [4.69, 9.17) is 28.5 Å². The summed E-state index contributed by atoms with van der Waals surface area (Å²) in [4.78, 5) is 17.5. The highest BCUT2D eigenvalue weighted by Gasteiger charge is 2.28. The van der Waals surface area contributed by atoms with Gasteiger partial charge in [-0.15, -0.1) is 0 Å². The second kappa shape index (κ2) is 4.74.